The fourth-order valence-corrected chi connectivity index (χ4v) is 2.93. The van der Waals surface area contributed by atoms with Gasteiger partial charge in [-0.3, -0.25) is 0 Å². The fraction of sp³-hybridized carbons (Fsp3) is 0.647. The topological polar surface area (TPSA) is 30.5 Å². The number of ether oxygens (including phenoxy) is 2. The minimum atomic E-state index is 0.390. The number of nitrogens with one attached hydrogen (secondary N) is 1. The molecule has 1 atom stereocenters. The van der Waals surface area contributed by atoms with Gasteiger partial charge in [0.1, 0.15) is 5.75 Å². The van der Waals surface area contributed by atoms with E-state index in [-0.39, 0.29) is 0 Å². The lowest BCUT2D eigenvalue weighted by atomic mass is 9.87. The average Bonchev–Trinajstić information content (AvgIpc) is 2.53. The van der Waals surface area contributed by atoms with Crippen molar-refractivity contribution < 1.29 is 9.47 Å². The highest BCUT2D eigenvalue weighted by molar-refractivity contribution is 5.28. The molecule has 0 aliphatic heterocycles. The van der Waals surface area contributed by atoms with Gasteiger partial charge in [-0.25, -0.2) is 0 Å². The SMILES string of the molecule is COc1ccc([C@H](C)NCC2CCC(OC)CC2)cc1. The van der Waals surface area contributed by atoms with Crippen LogP contribution in [0, 0.1) is 5.92 Å². The van der Waals surface area contributed by atoms with Crippen LogP contribution in [0.5, 0.6) is 5.75 Å². The van der Waals surface area contributed by atoms with Gasteiger partial charge < -0.3 is 14.8 Å². The van der Waals surface area contributed by atoms with Gasteiger partial charge in [-0.1, -0.05) is 12.1 Å². The van der Waals surface area contributed by atoms with Crippen LogP contribution in [0.15, 0.2) is 24.3 Å². The minimum Gasteiger partial charge on any atom is -0.497 e. The van der Waals surface area contributed by atoms with Crippen LogP contribution >= 0.6 is 0 Å². The smallest absolute Gasteiger partial charge is 0.118 e. The van der Waals surface area contributed by atoms with Gasteiger partial charge in [0.15, 0.2) is 0 Å². The lowest BCUT2D eigenvalue weighted by Gasteiger charge is -2.28. The Morgan fingerprint density at radius 1 is 1.10 bits per heavy atom. The van der Waals surface area contributed by atoms with E-state index in [2.05, 4.69) is 24.4 Å². The Bertz CT molecular complexity index is 382. The normalized spacial score (nSPS) is 24.4. The number of rotatable bonds is 6. The third-order valence-electron chi connectivity index (χ3n) is 4.46. The summed E-state index contributed by atoms with van der Waals surface area (Å²) in [6.45, 7) is 3.33. The molecule has 20 heavy (non-hydrogen) atoms. The second kappa shape index (κ2) is 7.65. The van der Waals surface area contributed by atoms with Crippen LogP contribution in [0.4, 0.5) is 0 Å². The summed E-state index contributed by atoms with van der Waals surface area (Å²) >= 11 is 0. The molecule has 1 saturated carbocycles. The molecule has 3 nitrogen and oxygen atoms in total. The average molecular weight is 277 g/mol. The van der Waals surface area contributed by atoms with Gasteiger partial charge in [0, 0.05) is 13.2 Å². The highest BCUT2D eigenvalue weighted by Crippen LogP contribution is 2.26. The molecule has 0 radical (unpaired) electrons. The fourth-order valence-electron chi connectivity index (χ4n) is 2.93. The van der Waals surface area contributed by atoms with E-state index in [1.54, 1.807) is 7.11 Å². The van der Waals surface area contributed by atoms with Gasteiger partial charge in [-0.05, 0) is 62.8 Å². The predicted molar refractivity (Wildman–Crippen MR) is 82.2 cm³/mol. The first kappa shape index (κ1) is 15.3. The Morgan fingerprint density at radius 2 is 1.75 bits per heavy atom. The van der Waals surface area contributed by atoms with Gasteiger partial charge in [0.05, 0.1) is 13.2 Å². The summed E-state index contributed by atoms with van der Waals surface area (Å²) < 4.78 is 10.6. The maximum absolute atomic E-state index is 5.42. The molecule has 1 fully saturated rings. The van der Waals surface area contributed by atoms with Crippen molar-refractivity contribution in [2.24, 2.45) is 5.92 Å². The second-order valence-electron chi connectivity index (χ2n) is 5.78. The summed E-state index contributed by atoms with van der Waals surface area (Å²) in [5.74, 6) is 1.71. The molecule has 0 bridgehead atoms. The first-order valence-electron chi connectivity index (χ1n) is 7.63. The van der Waals surface area contributed by atoms with Crippen molar-refractivity contribution >= 4 is 0 Å². The van der Waals surface area contributed by atoms with Gasteiger partial charge in [-0.2, -0.15) is 0 Å². The molecule has 1 aromatic carbocycles. The molecule has 0 unspecified atom stereocenters. The highest BCUT2D eigenvalue weighted by atomic mass is 16.5. The van der Waals surface area contributed by atoms with E-state index in [1.807, 2.05) is 19.2 Å². The Kier molecular flexibility index (Phi) is 5.86. The van der Waals surface area contributed by atoms with Gasteiger partial charge in [-0.15, -0.1) is 0 Å². The Hall–Kier alpha value is -1.06. The number of benzene rings is 1. The van der Waals surface area contributed by atoms with Crippen molar-refractivity contribution in [3.63, 3.8) is 0 Å². The predicted octanol–water partition coefficient (Wildman–Crippen LogP) is 3.55. The molecule has 1 aliphatic rings. The van der Waals surface area contributed by atoms with Crippen molar-refractivity contribution in [1.29, 1.82) is 0 Å². The lowest BCUT2D eigenvalue weighted by molar-refractivity contribution is 0.0564. The molecule has 1 aromatic rings. The number of methoxy groups -OCH3 is 2. The van der Waals surface area contributed by atoms with Crippen molar-refractivity contribution in [2.75, 3.05) is 20.8 Å². The Balaban J connectivity index is 1.75. The molecule has 1 N–H and O–H groups in total. The first-order valence-corrected chi connectivity index (χ1v) is 7.63. The summed E-state index contributed by atoms with van der Waals surface area (Å²) in [4.78, 5) is 0. The van der Waals surface area contributed by atoms with Crippen LogP contribution in [0.2, 0.25) is 0 Å². The molecule has 1 aliphatic carbocycles. The van der Waals surface area contributed by atoms with Crippen molar-refractivity contribution in [3.05, 3.63) is 29.8 Å². The largest absolute Gasteiger partial charge is 0.497 e. The Labute approximate surface area is 122 Å². The van der Waals surface area contributed by atoms with Gasteiger partial charge >= 0.3 is 0 Å². The third kappa shape index (κ3) is 4.22. The zero-order chi connectivity index (χ0) is 14.4. The molecule has 0 heterocycles. The molecule has 0 spiro atoms. The molecule has 0 aromatic heterocycles. The lowest BCUT2D eigenvalue weighted by Crippen LogP contribution is -2.30. The molecule has 2 rings (SSSR count). The minimum absolute atomic E-state index is 0.390. The van der Waals surface area contributed by atoms with Crippen LogP contribution < -0.4 is 10.1 Å². The van der Waals surface area contributed by atoms with E-state index >= 15 is 0 Å². The van der Waals surface area contributed by atoms with E-state index in [4.69, 9.17) is 9.47 Å². The second-order valence-corrected chi connectivity index (χ2v) is 5.78. The molecule has 3 heteroatoms. The summed E-state index contributed by atoms with van der Waals surface area (Å²) in [6, 6.07) is 8.71. The van der Waals surface area contributed by atoms with Crippen LogP contribution in [0.1, 0.15) is 44.2 Å². The van der Waals surface area contributed by atoms with Crippen LogP contribution in [-0.4, -0.2) is 26.9 Å². The van der Waals surface area contributed by atoms with E-state index < -0.39 is 0 Å². The van der Waals surface area contributed by atoms with Crippen LogP contribution in [-0.2, 0) is 4.74 Å². The third-order valence-corrected chi connectivity index (χ3v) is 4.46. The quantitative estimate of drug-likeness (QED) is 0.862. The van der Waals surface area contributed by atoms with E-state index in [9.17, 15) is 0 Å². The van der Waals surface area contributed by atoms with Crippen LogP contribution in [0.25, 0.3) is 0 Å². The maximum Gasteiger partial charge on any atom is 0.118 e. The van der Waals surface area contributed by atoms with E-state index in [0.29, 0.717) is 12.1 Å². The van der Waals surface area contributed by atoms with Crippen LogP contribution in [0.3, 0.4) is 0 Å². The summed E-state index contributed by atoms with van der Waals surface area (Å²) in [6.07, 6.45) is 5.46. The first-order chi connectivity index (χ1) is 9.72. The number of hydrogen-bond donors (Lipinski definition) is 1. The highest BCUT2D eigenvalue weighted by Gasteiger charge is 2.21. The standard InChI is InChI=1S/C17H27NO2/c1-13(15-6-10-17(20-3)11-7-15)18-12-14-4-8-16(19-2)9-5-14/h6-7,10-11,13-14,16,18H,4-5,8-9,12H2,1-3H3/t13-,14?,16?/m0/s1. The zero-order valence-corrected chi connectivity index (χ0v) is 12.9. The molecule has 0 saturated heterocycles. The summed E-state index contributed by atoms with van der Waals surface area (Å²) in [5.41, 5.74) is 1.32. The van der Waals surface area contributed by atoms with E-state index in [1.165, 1.54) is 31.2 Å². The van der Waals surface area contributed by atoms with E-state index in [0.717, 1.165) is 18.2 Å². The van der Waals surface area contributed by atoms with Gasteiger partial charge in [0.25, 0.3) is 0 Å². The molecule has 112 valence electrons. The number of hydrogen-bond acceptors (Lipinski definition) is 3. The van der Waals surface area contributed by atoms with Crippen molar-refractivity contribution in [2.45, 2.75) is 44.8 Å². The molecule has 0 amide bonds. The summed E-state index contributed by atoms with van der Waals surface area (Å²) in [7, 11) is 3.53. The molecular formula is C17H27NO2. The zero-order valence-electron chi connectivity index (χ0n) is 12.9. The maximum atomic E-state index is 5.42. The Morgan fingerprint density at radius 3 is 2.30 bits per heavy atom. The van der Waals surface area contributed by atoms with Crippen molar-refractivity contribution in [3.8, 4) is 5.75 Å². The van der Waals surface area contributed by atoms with Crippen molar-refractivity contribution in [1.82, 2.24) is 5.32 Å². The molecular weight excluding hydrogens is 250 g/mol. The van der Waals surface area contributed by atoms with Gasteiger partial charge in [0.2, 0.25) is 0 Å². The monoisotopic (exact) mass is 277 g/mol. The summed E-state index contributed by atoms with van der Waals surface area (Å²) in [5, 5.41) is 3.66.